The van der Waals surface area contributed by atoms with E-state index in [1.54, 1.807) is 0 Å². The van der Waals surface area contributed by atoms with Gasteiger partial charge in [0, 0.05) is 25.2 Å². The molecule has 15 heavy (non-hydrogen) atoms. The van der Waals surface area contributed by atoms with Gasteiger partial charge in [-0.05, 0) is 32.4 Å². The molecule has 1 aromatic rings. The summed E-state index contributed by atoms with van der Waals surface area (Å²) in [6.07, 6.45) is 1.88. The van der Waals surface area contributed by atoms with Crippen LogP contribution in [-0.4, -0.2) is 28.8 Å². The Balaban J connectivity index is 1.98. The molecule has 82 valence electrons. The molecule has 0 unspecified atom stereocenters. The van der Waals surface area contributed by atoms with Crippen LogP contribution in [0.1, 0.15) is 19.4 Å². The molecule has 0 atom stereocenters. The molecule has 0 aliphatic carbocycles. The summed E-state index contributed by atoms with van der Waals surface area (Å²) in [5, 5.41) is 9.80. The second-order valence-corrected chi connectivity index (χ2v) is 4.95. The smallest absolute Gasteiger partial charge is 0.128 e. The Hall–Kier alpha value is -1.09. The highest BCUT2D eigenvalue weighted by Crippen LogP contribution is 2.30. The summed E-state index contributed by atoms with van der Waals surface area (Å²) in [5.41, 5.74) is 0.611. The van der Waals surface area contributed by atoms with Gasteiger partial charge in [-0.1, -0.05) is 6.07 Å². The third-order valence-corrected chi connectivity index (χ3v) is 3.10. The molecule has 0 bridgehead atoms. The number of hydrogen-bond acceptors (Lipinski definition) is 3. The zero-order chi connectivity index (χ0) is 11.1. The average molecular weight is 206 g/mol. The number of aliphatic hydroxyl groups is 1. The maximum Gasteiger partial charge on any atom is 0.128 e. The standard InChI is InChI=1S/C12H18N2O/c1-9-4-5-11(13-6-9)14-7-10(8-14)12(2,3)15/h4-6,10,15H,7-8H2,1-3H3. The monoisotopic (exact) mass is 206 g/mol. The van der Waals surface area contributed by atoms with Crippen molar-refractivity contribution in [1.82, 2.24) is 4.98 Å². The van der Waals surface area contributed by atoms with Crippen LogP contribution in [0.15, 0.2) is 18.3 Å². The minimum Gasteiger partial charge on any atom is -0.390 e. The minimum absolute atomic E-state index is 0.362. The number of nitrogens with zero attached hydrogens (tertiary/aromatic N) is 2. The van der Waals surface area contributed by atoms with Crippen molar-refractivity contribution >= 4 is 5.82 Å². The zero-order valence-electron chi connectivity index (χ0n) is 9.57. The molecule has 0 amide bonds. The average Bonchev–Trinajstić information content (AvgIpc) is 2.03. The first-order valence-corrected chi connectivity index (χ1v) is 5.37. The number of hydrogen-bond donors (Lipinski definition) is 1. The molecule has 0 aromatic carbocycles. The molecule has 0 saturated carbocycles. The molecular formula is C12H18N2O. The van der Waals surface area contributed by atoms with Crippen LogP contribution < -0.4 is 4.90 Å². The fraction of sp³-hybridized carbons (Fsp3) is 0.583. The van der Waals surface area contributed by atoms with Crippen molar-refractivity contribution in [3.63, 3.8) is 0 Å². The molecular weight excluding hydrogens is 188 g/mol. The third-order valence-electron chi connectivity index (χ3n) is 3.10. The van der Waals surface area contributed by atoms with Crippen LogP contribution in [-0.2, 0) is 0 Å². The van der Waals surface area contributed by atoms with Crippen LogP contribution in [0.3, 0.4) is 0 Å². The van der Waals surface area contributed by atoms with Crippen LogP contribution in [0, 0.1) is 12.8 Å². The van der Waals surface area contributed by atoms with E-state index < -0.39 is 5.60 Å². The fourth-order valence-electron chi connectivity index (χ4n) is 1.76. The van der Waals surface area contributed by atoms with E-state index in [9.17, 15) is 5.11 Å². The van der Waals surface area contributed by atoms with Crippen molar-refractivity contribution in [3.8, 4) is 0 Å². The molecule has 1 aliphatic heterocycles. The topological polar surface area (TPSA) is 36.4 Å². The maximum absolute atomic E-state index is 9.80. The summed E-state index contributed by atoms with van der Waals surface area (Å²) in [5.74, 6) is 1.38. The molecule has 2 heterocycles. The van der Waals surface area contributed by atoms with Gasteiger partial charge in [0.2, 0.25) is 0 Å². The molecule has 3 heteroatoms. The molecule has 1 aliphatic rings. The van der Waals surface area contributed by atoms with Crippen molar-refractivity contribution in [3.05, 3.63) is 23.9 Å². The van der Waals surface area contributed by atoms with Crippen LogP contribution in [0.4, 0.5) is 5.82 Å². The van der Waals surface area contributed by atoms with E-state index in [1.165, 1.54) is 5.56 Å². The summed E-state index contributed by atoms with van der Waals surface area (Å²) in [6, 6.07) is 4.11. The van der Waals surface area contributed by atoms with E-state index in [4.69, 9.17) is 0 Å². The highest BCUT2D eigenvalue weighted by molar-refractivity contribution is 5.42. The van der Waals surface area contributed by atoms with Gasteiger partial charge in [0.15, 0.2) is 0 Å². The predicted molar refractivity (Wildman–Crippen MR) is 61.0 cm³/mol. The van der Waals surface area contributed by atoms with Gasteiger partial charge in [-0.2, -0.15) is 0 Å². The van der Waals surface area contributed by atoms with Crippen molar-refractivity contribution < 1.29 is 5.11 Å². The first kappa shape index (κ1) is 10.4. The van der Waals surface area contributed by atoms with E-state index in [2.05, 4.69) is 16.0 Å². The Morgan fingerprint density at radius 2 is 2.07 bits per heavy atom. The van der Waals surface area contributed by atoms with Crippen molar-refractivity contribution in [2.75, 3.05) is 18.0 Å². The fourth-order valence-corrected chi connectivity index (χ4v) is 1.76. The summed E-state index contributed by atoms with van der Waals surface area (Å²) < 4.78 is 0. The second kappa shape index (κ2) is 3.49. The number of rotatable bonds is 2. The van der Waals surface area contributed by atoms with Crippen molar-refractivity contribution in [1.29, 1.82) is 0 Å². The van der Waals surface area contributed by atoms with Gasteiger partial charge in [0.1, 0.15) is 5.82 Å². The summed E-state index contributed by atoms with van der Waals surface area (Å²) in [6.45, 7) is 7.58. The summed E-state index contributed by atoms with van der Waals surface area (Å²) in [7, 11) is 0. The molecule has 0 radical (unpaired) electrons. The predicted octanol–water partition coefficient (Wildman–Crippen LogP) is 1.60. The van der Waals surface area contributed by atoms with E-state index in [0.29, 0.717) is 5.92 Å². The lowest BCUT2D eigenvalue weighted by Gasteiger charge is -2.45. The van der Waals surface area contributed by atoms with Gasteiger partial charge >= 0.3 is 0 Å². The minimum atomic E-state index is -0.568. The highest BCUT2D eigenvalue weighted by Gasteiger charge is 2.37. The maximum atomic E-state index is 9.80. The van der Waals surface area contributed by atoms with Crippen molar-refractivity contribution in [2.24, 2.45) is 5.92 Å². The Morgan fingerprint density at radius 3 is 2.53 bits per heavy atom. The van der Waals surface area contributed by atoms with Gasteiger partial charge in [0.25, 0.3) is 0 Å². The van der Waals surface area contributed by atoms with Gasteiger partial charge in [0.05, 0.1) is 5.60 Å². The Kier molecular flexibility index (Phi) is 2.43. The summed E-state index contributed by atoms with van der Waals surface area (Å²) >= 11 is 0. The SMILES string of the molecule is Cc1ccc(N2CC(C(C)(C)O)C2)nc1. The van der Waals surface area contributed by atoms with Gasteiger partial charge < -0.3 is 10.0 Å². The van der Waals surface area contributed by atoms with Crippen LogP contribution in [0.5, 0.6) is 0 Å². The van der Waals surface area contributed by atoms with Gasteiger partial charge in [-0.15, -0.1) is 0 Å². The van der Waals surface area contributed by atoms with Gasteiger partial charge in [-0.3, -0.25) is 0 Å². The summed E-state index contributed by atoms with van der Waals surface area (Å²) in [4.78, 5) is 6.56. The normalized spacial score (nSPS) is 17.7. The molecule has 1 aromatic heterocycles. The largest absolute Gasteiger partial charge is 0.390 e. The zero-order valence-corrected chi connectivity index (χ0v) is 9.57. The molecule has 0 spiro atoms. The molecule has 3 nitrogen and oxygen atoms in total. The van der Waals surface area contributed by atoms with Crippen molar-refractivity contribution in [2.45, 2.75) is 26.4 Å². The number of aromatic nitrogens is 1. The molecule has 1 saturated heterocycles. The number of aryl methyl sites for hydroxylation is 1. The Bertz CT molecular complexity index is 334. The highest BCUT2D eigenvalue weighted by atomic mass is 16.3. The van der Waals surface area contributed by atoms with E-state index in [-0.39, 0.29) is 0 Å². The van der Waals surface area contributed by atoms with Crippen LogP contribution >= 0.6 is 0 Å². The molecule has 1 N–H and O–H groups in total. The lowest BCUT2D eigenvalue weighted by molar-refractivity contribution is 0.00439. The lowest BCUT2D eigenvalue weighted by atomic mass is 9.84. The molecule has 2 rings (SSSR count). The van der Waals surface area contributed by atoms with E-state index in [0.717, 1.165) is 18.9 Å². The van der Waals surface area contributed by atoms with E-state index in [1.807, 2.05) is 33.0 Å². The van der Waals surface area contributed by atoms with E-state index >= 15 is 0 Å². The van der Waals surface area contributed by atoms with Crippen LogP contribution in [0.25, 0.3) is 0 Å². The third kappa shape index (κ3) is 2.12. The quantitative estimate of drug-likeness (QED) is 0.798. The number of pyridine rings is 1. The Morgan fingerprint density at radius 1 is 1.40 bits per heavy atom. The number of anilines is 1. The van der Waals surface area contributed by atoms with Crippen LogP contribution in [0.2, 0.25) is 0 Å². The second-order valence-electron chi connectivity index (χ2n) is 4.95. The lowest BCUT2D eigenvalue weighted by Crippen LogP contribution is -2.56. The first-order chi connectivity index (χ1) is 6.97. The first-order valence-electron chi connectivity index (χ1n) is 5.37. The Labute approximate surface area is 90.8 Å². The van der Waals surface area contributed by atoms with Gasteiger partial charge in [-0.25, -0.2) is 4.98 Å². The molecule has 1 fully saturated rings.